The van der Waals surface area contributed by atoms with Crippen molar-refractivity contribution in [3.63, 3.8) is 0 Å². The topological polar surface area (TPSA) is 111 Å². The normalized spacial score (nSPS) is 34.8. The van der Waals surface area contributed by atoms with Gasteiger partial charge in [-0.2, -0.15) is 18.1 Å². The van der Waals surface area contributed by atoms with Crippen molar-refractivity contribution in [3.8, 4) is 0 Å². The van der Waals surface area contributed by atoms with Crippen molar-refractivity contribution in [3.05, 3.63) is 0 Å². The van der Waals surface area contributed by atoms with Gasteiger partial charge in [0.1, 0.15) is 24.5 Å². The summed E-state index contributed by atoms with van der Waals surface area (Å²) in [6, 6.07) is 0. The van der Waals surface area contributed by atoms with Crippen LogP contribution in [0.15, 0.2) is 0 Å². The highest BCUT2D eigenvalue weighted by Gasteiger charge is 2.38. The van der Waals surface area contributed by atoms with E-state index in [0.29, 0.717) is 5.75 Å². The summed E-state index contributed by atoms with van der Waals surface area (Å²) in [6.45, 7) is -0.428. The molecule has 7 nitrogen and oxygen atoms in total. The number of aliphatic hydroxyl groups is 3. The van der Waals surface area contributed by atoms with E-state index in [-0.39, 0.29) is 12.3 Å². The van der Waals surface area contributed by atoms with Gasteiger partial charge in [0.2, 0.25) is 5.91 Å². The first-order chi connectivity index (χ1) is 7.60. The van der Waals surface area contributed by atoms with Crippen LogP contribution in [-0.2, 0) is 9.63 Å². The average Bonchev–Trinajstić information content (AvgIpc) is 2.25. The molecule has 94 valence electrons. The third kappa shape index (κ3) is 3.30. The van der Waals surface area contributed by atoms with Crippen molar-refractivity contribution in [2.45, 2.75) is 30.9 Å². The number of aliphatic hydroxyl groups excluding tert-OH is 3. The molecule has 1 heterocycles. The van der Waals surface area contributed by atoms with Gasteiger partial charge in [0.15, 0.2) is 0 Å². The maximum absolute atomic E-state index is 11.2. The SMILES string of the molecule is O=C(CCS)NC1NOC(CO)[C@@H](O)C1O. The summed E-state index contributed by atoms with van der Waals surface area (Å²) in [7, 11) is 0. The van der Waals surface area contributed by atoms with Gasteiger partial charge in [-0.1, -0.05) is 0 Å². The van der Waals surface area contributed by atoms with Crippen LogP contribution in [0.5, 0.6) is 0 Å². The van der Waals surface area contributed by atoms with Crippen molar-refractivity contribution in [1.82, 2.24) is 10.8 Å². The summed E-state index contributed by atoms with van der Waals surface area (Å²) in [5, 5.41) is 30.4. The van der Waals surface area contributed by atoms with Gasteiger partial charge in [-0.25, -0.2) is 0 Å². The molecule has 1 saturated heterocycles. The minimum absolute atomic E-state index is 0.202. The number of carbonyl (C=O) groups is 1. The van der Waals surface area contributed by atoms with Gasteiger partial charge in [0.25, 0.3) is 0 Å². The van der Waals surface area contributed by atoms with E-state index in [4.69, 9.17) is 9.94 Å². The zero-order chi connectivity index (χ0) is 12.1. The van der Waals surface area contributed by atoms with Gasteiger partial charge in [-0.15, -0.1) is 0 Å². The van der Waals surface area contributed by atoms with Crippen molar-refractivity contribution in [2.75, 3.05) is 12.4 Å². The van der Waals surface area contributed by atoms with E-state index in [1.165, 1.54) is 0 Å². The lowest BCUT2D eigenvalue weighted by atomic mass is 10.0. The minimum atomic E-state index is -1.26. The standard InChI is InChI=1S/C8H16N2O5S/c11-3-4-6(13)7(14)8(10-15-4)9-5(12)1-2-16/h4,6-8,10-11,13-14,16H,1-3H2,(H,9,12)/t4?,6-,7?,8?/m1/s1. The van der Waals surface area contributed by atoms with Crippen LogP contribution in [0, 0.1) is 0 Å². The maximum atomic E-state index is 11.2. The van der Waals surface area contributed by atoms with Crippen molar-refractivity contribution < 1.29 is 25.0 Å². The summed E-state index contributed by atoms with van der Waals surface area (Å²) >= 11 is 3.89. The molecule has 0 aliphatic carbocycles. The Morgan fingerprint density at radius 2 is 2.12 bits per heavy atom. The van der Waals surface area contributed by atoms with Crippen molar-refractivity contribution >= 4 is 18.5 Å². The molecule has 0 bridgehead atoms. The van der Waals surface area contributed by atoms with Gasteiger partial charge in [-0.3, -0.25) is 9.63 Å². The van der Waals surface area contributed by atoms with Crippen LogP contribution < -0.4 is 10.8 Å². The lowest BCUT2D eigenvalue weighted by Crippen LogP contribution is -2.65. The zero-order valence-electron chi connectivity index (χ0n) is 8.54. The molecule has 4 atom stereocenters. The predicted molar refractivity (Wildman–Crippen MR) is 57.5 cm³/mol. The van der Waals surface area contributed by atoms with Gasteiger partial charge in [-0.05, 0) is 5.75 Å². The molecule has 1 aliphatic heterocycles. The van der Waals surface area contributed by atoms with Gasteiger partial charge < -0.3 is 20.6 Å². The van der Waals surface area contributed by atoms with E-state index in [1.54, 1.807) is 0 Å². The van der Waals surface area contributed by atoms with E-state index in [1.807, 2.05) is 0 Å². The van der Waals surface area contributed by atoms with Crippen LogP contribution in [0.25, 0.3) is 0 Å². The quantitative estimate of drug-likeness (QED) is 0.305. The molecule has 3 unspecified atom stereocenters. The van der Waals surface area contributed by atoms with Gasteiger partial charge in [0, 0.05) is 6.42 Å². The molecule has 1 rings (SSSR count). The van der Waals surface area contributed by atoms with E-state index in [9.17, 15) is 15.0 Å². The second-order valence-corrected chi connectivity index (χ2v) is 3.90. The van der Waals surface area contributed by atoms with Crippen LogP contribution in [0.4, 0.5) is 0 Å². The fourth-order valence-corrected chi connectivity index (χ4v) is 1.53. The van der Waals surface area contributed by atoms with Gasteiger partial charge >= 0.3 is 0 Å². The number of thiol groups is 1. The first kappa shape index (κ1) is 13.7. The van der Waals surface area contributed by atoms with E-state index in [2.05, 4.69) is 23.4 Å². The highest BCUT2D eigenvalue weighted by Crippen LogP contribution is 2.11. The highest BCUT2D eigenvalue weighted by molar-refractivity contribution is 7.80. The fraction of sp³-hybridized carbons (Fsp3) is 0.875. The molecule has 1 amide bonds. The molecule has 5 N–H and O–H groups in total. The molecular formula is C8H16N2O5S. The summed E-state index contributed by atoms with van der Waals surface area (Å²) in [4.78, 5) is 16.1. The number of rotatable bonds is 4. The number of nitrogens with one attached hydrogen (secondary N) is 2. The van der Waals surface area contributed by atoms with E-state index >= 15 is 0 Å². The van der Waals surface area contributed by atoms with Crippen LogP contribution in [0.2, 0.25) is 0 Å². The second-order valence-electron chi connectivity index (χ2n) is 3.46. The van der Waals surface area contributed by atoms with Crippen molar-refractivity contribution in [1.29, 1.82) is 0 Å². The minimum Gasteiger partial charge on any atom is -0.393 e. The Balaban J connectivity index is 2.48. The summed E-state index contributed by atoms with van der Waals surface area (Å²) in [5.41, 5.74) is 2.36. The number of hydrogen-bond donors (Lipinski definition) is 6. The monoisotopic (exact) mass is 252 g/mol. The number of amides is 1. The van der Waals surface area contributed by atoms with Crippen LogP contribution in [0.1, 0.15) is 6.42 Å². The lowest BCUT2D eigenvalue weighted by Gasteiger charge is -2.37. The van der Waals surface area contributed by atoms with Crippen LogP contribution in [0.3, 0.4) is 0 Å². The molecular weight excluding hydrogens is 236 g/mol. The Morgan fingerprint density at radius 3 is 2.69 bits per heavy atom. The molecule has 8 heteroatoms. The van der Waals surface area contributed by atoms with Crippen molar-refractivity contribution in [2.24, 2.45) is 0 Å². The van der Waals surface area contributed by atoms with E-state index < -0.39 is 31.1 Å². The Labute approximate surface area is 98.2 Å². The highest BCUT2D eigenvalue weighted by atomic mass is 32.1. The summed E-state index contributed by atoms with van der Waals surface area (Å²) < 4.78 is 0. The molecule has 1 fully saturated rings. The fourth-order valence-electron chi connectivity index (χ4n) is 1.32. The first-order valence-electron chi connectivity index (χ1n) is 4.88. The lowest BCUT2D eigenvalue weighted by molar-refractivity contribution is -0.207. The first-order valence-corrected chi connectivity index (χ1v) is 5.51. The van der Waals surface area contributed by atoms with Crippen LogP contribution in [-0.4, -0.2) is 58.1 Å². The molecule has 0 aromatic carbocycles. The number of hydrogen-bond acceptors (Lipinski definition) is 7. The number of hydroxylamine groups is 1. The zero-order valence-corrected chi connectivity index (χ0v) is 9.43. The molecule has 1 aliphatic rings. The van der Waals surface area contributed by atoms with Crippen LogP contribution >= 0.6 is 12.6 Å². The molecule has 0 aromatic rings. The van der Waals surface area contributed by atoms with Gasteiger partial charge in [0.05, 0.1) is 6.61 Å². The molecule has 0 saturated carbocycles. The predicted octanol–water partition coefficient (Wildman–Crippen LogP) is -2.63. The molecule has 0 spiro atoms. The van der Waals surface area contributed by atoms with E-state index in [0.717, 1.165) is 0 Å². The maximum Gasteiger partial charge on any atom is 0.222 e. The Hall–Kier alpha value is -0.380. The Morgan fingerprint density at radius 1 is 1.44 bits per heavy atom. The second kappa shape index (κ2) is 6.38. The Kier molecular flexibility index (Phi) is 5.46. The number of carbonyl (C=O) groups excluding carboxylic acids is 1. The summed E-state index contributed by atoms with van der Waals surface area (Å²) in [5.74, 6) is 0.0712. The average molecular weight is 252 g/mol. The molecule has 0 aromatic heterocycles. The summed E-state index contributed by atoms with van der Waals surface area (Å²) in [6.07, 6.45) is -4.10. The molecule has 0 radical (unpaired) electrons. The third-order valence-electron chi connectivity index (χ3n) is 2.25. The Bertz CT molecular complexity index is 242. The third-order valence-corrected chi connectivity index (χ3v) is 2.48. The molecule has 16 heavy (non-hydrogen) atoms. The largest absolute Gasteiger partial charge is 0.393 e. The smallest absolute Gasteiger partial charge is 0.222 e.